The summed E-state index contributed by atoms with van der Waals surface area (Å²) in [5, 5.41) is 2.87. The van der Waals surface area contributed by atoms with Gasteiger partial charge in [-0.15, -0.1) is 12.3 Å². The minimum absolute atomic E-state index is 0.0268. The predicted molar refractivity (Wildman–Crippen MR) is 65.8 cm³/mol. The zero-order valence-electron chi connectivity index (χ0n) is 9.36. The van der Waals surface area contributed by atoms with Crippen molar-refractivity contribution >= 4 is 11.6 Å². The molecule has 0 aliphatic carbocycles. The van der Waals surface area contributed by atoms with Crippen molar-refractivity contribution in [3.8, 4) is 12.3 Å². The lowest BCUT2D eigenvalue weighted by Crippen LogP contribution is -2.34. The molecule has 0 aliphatic rings. The number of rotatable bonds is 4. The second kappa shape index (κ2) is 5.82. The monoisotopic (exact) mass is 216 g/mol. The number of hydrogen-bond acceptors (Lipinski definition) is 2. The van der Waals surface area contributed by atoms with E-state index in [0.29, 0.717) is 17.7 Å². The minimum atomic E-state index is -0.130. The normalized spacial score (nSPS) is 11.5. The minimum Gasteiger partial charge on any atom is -0.399 e. The van der Waals surface area contributed by atoms with Crippen LogP contribution in [0.15, 0.2) is 24.3 Å². The molecule has 0 radical (unpaired) electrons. The van der Waals surface area contributed by atoms with Gasteiger partial charge in [0.1, 0.15) is 0 Å². The molecule has 1 amide bonds. The smallest absolute Gasteiger partial charge is 0.251 e. The lowest BCUT2D eigenvalue weighted by Gasteiger charge is -2.14. The Kier molecular flexibility index (Phi) is 4.41. The third-order valence-corrected chi connectivity index (χ3v) is 2.34. The van der Waals surface area contributed by atoms with Crippen LogP contribution in [-0.2, 0) is 0 Å². The molecule has 84 valence electrons. The van der Waals surface area contributed by atoms with Gasteiger partial charge in [0.2, 0.25) is 0 Å². The molecule has 1 aromatic carbocycles. The van der Waals surface area contributed by atoms with Gasteiger partial charge in [0.05, 0.1) is 0 Å². The second-order valence-electron chi connectivity index (χ2n) is 3.61. The maximum atomic E-state index is 11.8. The first kappa shape index (κ1) is 12.1. The number of nitrogens with one attached hydrogen (secondary N) is 1. The van der Waals surface area contributed by atoms with Crippen molar-refractivity contribution in [3.05, 3.63) is 29.8 Å². The van der Waals surface area contributed by atoms with Crippen molar-refractivity contribution in [2.45, 2.75) is 25.8 Å². The molecule has 0 spiro atoms. The van der Waals surface area contributed by atoms with Crippen LogP contribution < -0.4 is 11.1 Å². The van der Waals surface area contributed by atoms with Gasteiger partial charge in [-0.3, -0.25) is 4.79 Å². The van der Waals surface area contributed by atoms with Gasteiger partial charge < -0.3 is 11.1 Å². The Morgan fingerprint density at radius 3 is 2.94 bits per heavy atom. The molecule has 0 aliphatic heterocycles. The summed E-state index contributed by atoms with van der Waals surface area (Å²) >= 11 is 0. The van der Waals surface area contributed by atoms with Crippen LogP contribution in [0.1, 0.15) is 30.1 Å². The van der Waals surface area contributed by atoms with E-state index in [-0.39, 0.29) is 11.9 Å². The van der Waals surface area contributed by atoms with Gasteiger partial charge >= 0.3 is 0 Å². The topological polar surface area (TPSA) is 55.1 Å². The van der Waals surface area contributed by atoms with Crippen molar-refractivity contribution in [2.75, 3.05) is 5.73 Å². The highest BCUT2D eigenvalue weighted by atomic mass is 16.1. The summed E-state index contributed by atoms with van der Waals surface area (Å²) in [5.41, 5.74) is 6.75. The molecule has 0 fully saturated rings. The number of benzene rings is 1. The summed E-state index contributed by atoms with van der Waals surface area (Å²) in [4.78, 5) is 11.8. The van der Waals surface area contributed by atoms with Crippen molar-refractivity contribution in [1.82, 2.24) is 5.32 Å². The number of carbonyl (C=O) groups is 1. The average molecular weight is 216 g/mol. The fourth-order valence-corrected chi connectivity index (χ4v) is 1.39. The molecule has 3 N–H and O–H groups in total. The molecule has 1 rings (SSSR count). The van der Waals surface area contributed by atoms with E-state index in [1.165, 1.54) is 0 Å². The molecule has 0 saturated heterocycles. The predicted octanol–water partition coefficient (Wildman–Crippen LogP) is 1.80. The molecule has 16 heavy (non-hydrogen) atoms. The number of terminal acetylenes is 1. The van der Waals surface area contributed by atoms with E-state index in [4.69, 9.17) is 12.2 Å². The third kappa shape index (κ3) is 3.32. The van der Waals surface area contributed by atoms with Crippen molar-refractivity contribution in [1.29, 1.82) is 0 Å². The van der Waals surface area contributed by atoms with Crippen LogP contribution in [0.2, 0.25) is 0 Å². The largest absolute Gasteiger partial charge is 0.399 e. The Balaban J connectivity index is 2.68. The Labute approximate surface area is 96.0 Å². The molecule has 0 bridgehead atoms. The molecule has 0 aromatic heterocycles. The Bertz CT molecular complexity index is 407. The average Bonchev–Trinajstić information content (AvgIpc) is 2.28. The van der Waals surface area contributed by atoms with E-state index >= 15 is 0 Å². The molecule has 1 atom stereocenters. The van der Waals surface area contributed by atoms with Gasteiger partial charge in [0, 0.05) is 23.7 Å². The van der Waals surface area contributed by atoms with Crippen molar-refractivity contribution < 1.29 is 4.79 Å². The molecule has 3 heteroatoms. The highest BCUT2D eigenvalue weighted by Crippen LogP contribution is 2.07. The highest BCUT2D eigenvalue weighted by molar-refractivity contribution is 5.95. The molecular weight excluding hydrogens is 200 g/mol. The molecular formula is C13H16N2O. The van der Waals surface area contributed by atoms with Gasteiger partial charge in [-0.25, -0.2) is 0 Å². The first-order valence-corrected chi connectivity index (χ1v) is 5.27. The fourth-order valence-electron chi connectivity index (χ4n) is 1.39. The third-order valence-electron chi connectivity index (χ3n) is 2.34. The van der Waals surface area contributed by atoms with E-state index in [1.54, 1.807) is 24.3 Å². The summed E-state index contributed by atoms with van der Waals surface area (Å²) in [6, 6.07) is 6.91. The molecule has 0 saturated carbocycles. The zero-order chi connectivity index (χ0) is 12.0. The summed E-state index contributed by atoms with van der Waals surface area (Å²) in [6.45, 7) is 1.99. The van der Waals surface area contributed by atoms with Gasteiger partial charge in [-0.2, -0.15) is 0 Å². The van der Waals surface area contributed by atoms with Crippen LogP contribution >= 0.6 is 0 Å². The molecule has 0 heterocycles. The fraction of sp³-hybridized carbons (Fsp3) is 0.308. The SMILES string of the molecule is C#CCC(CC)NC(=O)c1cccc(N)c1. The number of amides is 1. The van der Waals surface area contributed by atoms with Gasteiger partial charge in [0.15, 0.2) is 0 Å². The van der Waals surface area contributed by atoms with Crippen LogP contribution in [0.3, 0.4) is 0 Å². The molecule has 1 unspecified atom stereocenters. The highest BCUT2D eigenvalue weighted by Gasteiger charge is 2.10. The van der Waals surface area contributed by atoms with Crippen LogP contribution in [0.5, 0.6) is 0 Å². The lowest BCUT2D eigenvalue weighted by atomic mass is 10.1. The number of nitrogen functional groups attached to an aromatic ring is 1. The van der Waals surface area contributed by atoms with Crippen LogP contribution in [-0.4, -0.2) is 11.9 Å². The zero-order valence-corrected chi connectivity index (χ0v) is 9.36. The van der Waals surface area contributed by atoms with Crippen LogP contribution in [0.4, 0.5) is 5.69 Å². The number of anilines is 1. The Morgan fingerprint density at radius 1 is 1.62 bits per heavy atom. The summed E-state index contributed by atoms with van der Waals surface area (Å²) in [5.74, 6) is 2.42. The van der Waals surface area contributed by atoms with E-state index in [2.05, 4.69) is 11.2 Å². The molecule has 3 nitrogen and oxygen atoms in total. The number of nitrogens with two attached hydrogens (primary N) is 1. The summed E-state index contributed by atoms with van der Waals surface area (Å²) < 4.78 is 0. The van der Waals surface area contributed by atoms with E-state index < -0.39 is 0 Å². The number of carbonyl (C=O) groups excluding carboxylic acids is 1. The first-order valence-electron chi connectivity index (χ1n) is 5.27. The van der Waals surface area contributed by atoms with E-state index in [9.17, 15) is 4.79 Å². The first-order chi connectivity index (χ1) is 7.67. The van der Waals surface area contributed by atoms with E-state index in [0.717, 1.165) is 6.42 Å². The second-order valence-corrected chi connectivity index (χ2v) is 3.61. The van der Waals surface area contributed by atoms with Crippen LogP contribution in [0, 0.1) is 12.3 Å². The van der Waals surface area contributed by atoms with E-state index in [1.807, 2.05) is 6.92 Å². The standard InChI is InChI=1S/C13H16N2O/c1-3-6-12(4-2)15-13(16)10-7-5-8-11(14)9-10/h1,5,7-9,12H,4,6,14H2,2H3,(H,15,16). The quantitative estimate of drug-likeness (QED) is 0.595. The molecule has 1 aromatic rings. The Morgan fingerprint density at radius 2 is 2.38 bits per heavy atom. The summed E-state index contributed by atoms with van der Waals surface area (Å²) in [6.07, 6.45) is 6.59. The van der Waals surface area contributed by atoms with Crippen LogP contribution in [0.25, 0.3) is 0 Å². The lowest BCUT2D eigenvalue weighted by molar-refractivity contribution is 0.0936. The summed E-state index contributed by atoms with van der Waals surface area (Å²) in [7, 11) is 0. The van der Waals surface area contributed by atoms with Gasteiger partial charge in [0.25, 0.3) is 5.91 Å². The van der Waals surface area contributed by atoms with Gasteiger partial charge in [-0.1, -0.05) is 13.0 Å². The number of hydrogen-bond donors (Lipinski definition) is 2. The van der Waals surface area contributed by atoms with Crippen molar-refractivity contribution in [2.24, 2.45) is 0 Å². The maximum Gasteiger partial charge on any atom is 0.251 e. The Hall–Kier alpha value is -1.95. The van der Waals surface area contributed by atoms with Gasteiger partial charge in [-0.05, 0) is 24.6 Å². The van der Waals surface area contributed by atoms with Crippen molar-refractivity contribution in [3.63, 3.8) is 0 Å². The maximum absolute atomic E-state index is 11.8.